The summed E-state index contributed by atoms with van der Waals surface area (Å²) in [5.74, 6) is 0.604. The Balaban J connectivity index is 1.58. The number of amides is 3. The lowest BCUT2D eigenvalue weighted by Crippen LogP contribution is -2.41. The number of esters is 1. The van der Waals surface area contributed by atoms with Crippen LogP contribution in [0.3, 0.4) is 0 Å². The summed E-state index contributed by atoms with van der Waals surface area (Å²) in [4.78, 5) is 39.3. The van der Waals surface area contributed by atoms with Crippen molar-refractivity contribution in [3.63, 3.8) is 0 Å². The van der Waals surface area contributed by atoms with Crippen LogP contribution in [0, 0.1) is 17.8 Å². The lowest BCUT2D eigenvalue weighted by atomic mass is 9.75. The number of ether oxygens (including phenoxy) is 1. The highest BCUT2D eigenvalue weighted by atomic mass is 16.5. The van der Waals surface area contributed by atoms with Gasteiger partial charge in [-0.05, 0) is 43.4 Å². The summed E-state index contributed by atoms with van der Waals surface area (Å²) in [6.45, 7) is 6.34. The fourth-order valence-electron chi connectivity index (χ4n) is 3.97. The van der Waals surface area contributed by atoms with Crippen molar-refractivity contribution < 1.29 is 19.1 Å². The van der Waals surface area contributed by atoms with Gasteiger partial charge in [0.2, 0.25) is 0 Å². The summed E-state index contributed by atoms with van der Waals surface area (Å²) in [5.41, 5.74) is 0. The van der Waals surface area contributed by atoms with Crippen molar-refractivity contribution in [1.82, 2.24) is 9.80 Å². The maximum Gasteiger partial charge on any atom is 0.328 e. The molecule has 6 nitrogen and oxygen atoms in total. The van der Waals surface area contributed by atoms with Crippen LogP contribution in [-0.2, 0) is 14.3 Å². The van der Waals surface area contributed by atoms with Crippen LogP contribution in [0.5, 0.6) is 0 Å². The Kier molecular flexibility index (Phi) is 4.83. The molecule has 0 spiro atoms. The monoisotopic (exact) mass is 336 g/mol. The molecule has 0 aromatic carbocycles. The molecule has 6 heteroatoms. The SMILES string of the molecule is CC1CCC(C(C)C)C(OC(=O)CN2C(=O)CN(C3CC3)C2=O)C1. The van der Waals surface area contributed by atoms with E-state index in [4.69, 9.17) is 4.74 Å². The molecule has 1 heterocycles. The third-order valence-corrected chi connectivity index (χ3v) is 5.60. The van der Waals surface area contributed by atoms with Crippen LogP contribution in [-0.4, -0.2) is 52.9 Å². The van der Waals surface area contributed by atoms with Crippen molar-refractivity contribution >= 4 is 17.9 Å². The Bertz CT molecular complexity index is 529. The van der Waals surface area contributed by atoms with Gasteiger partial charge in [0, 0.05) is 6.04 Å². The van der Waals surface area contributed by atoms with Gasteiger partial charge in [-0.1, -0.05) is 27.2 Å². The lowest BCUT2D eigenvalue weighted by molar-refractivity contribution is -0.158. The summed E-state index contributed by atoms with van der Waals surface area (Å²) in [7, 11) is 0. The molecule has 3 fully saturated rings. The first-order valence-electron chi connectivity index (χ1n) is 9.17. The first-order valence-corrected chi connectivity index (χ1v) is 9.17. The third-order valence-electron chi connectivity index (χ3n) is 5.60. The van der Waals surface area contributed by atoms with E-state index in [-0.39, 0.29) is 37.2 Å². The van der Waals surface area contributed by atoms with E-state index in [1.807, 2.05) is 0 Å². The molecule has 24 heavy (non-hydrogen) atoms. The zero-order valence-electron chi connectivity index (χ0n) is 14.9. The highest BCUT2D eigenvalue weighted by molar-refractivity contribution is 6.04. The fraction of sp³-hybridized carbons (Fsp3) is 0.833. The molecule has 1 aliphatic heterocycles. The first-order chi connectivity index (χ1) is 11.4. The van der Waals surface area contributed by atoms with Gasteiger partial charge in [0.15, 0.2) is 0 Å². The molecular formula is C18H28N2O4. The van der Waals surface area contributed by atoms with Crippen LogP contribution < -0.4 is 0 Å². The van der Waals surface area contributed by atoms with Crippen LogP contribution in [0.1, 0.15) is 52.9 Å². The molecule has 0 radical (unpaired) electrons. The number of hydrogen-bond donors (Lipinski definition) is 0. The quantitative estimate of drug-likeness (QED) is 0.571. The molecule has 3 aliphatic rings. The van der Waals surface area contributed by atoms with E-state index in [1.54, 1.807) is 4.90 Å². The summed E-state index contributed by atoms with van der Waals surface area (Å²) < 4.78 is 5.70. The largest absolute Gasteiger partial charge is 0.461 e. The van der Waals surface area contributed by atoms with Gasteiger partial charge in [0.1, 0.15) is 19.2 Å². The summed E-state index contributed by atoms with van der Waals surface area (Å²) in [5, 5.41) is 0. The molecule has 2 aliphatic carbocycles. The van der Waals surface area contributed by atoms with Gasteiger partial charge in [-0.15, -0.1) is 0 Å². The van der Waals surface area contributed by atoms with E-state index in [2.05, 4.69) is 20.8 Å². The smallest absolute Gasteiger partial charge is 0.328 e. The van der Waals surface area contributed by atoms with Gasteiger partial charge in [-0.25, -0.2) is 4.79 Å². The summed E-state index contributed by atoms with van der Waals surface area (Å²) >= 11 is 0. The van der Waals surface area contributed by atoms with Crippen molar-refractivity contribution in [2.45, 2.75) is 65.0 Å². The average Bonchev–Trinajstić information content (AvgIpc) is 3.30. The van der Waals surface area contributed by atoms with Crippen LogP contribution in [0.15, 0.2) is 0 Å². The van der Waals surface area contributed by atoms with Crippen LogP contribution in [0.4, 0.5) is 4.79 Å². The molecule has 0 aromatic heterocycles. The fourth-order valence-corrected chi connectivity index (χ4v) is 3.97. The summed E-state index contributed by atoms with van der Waals surface area (Å²) in [6.07, 6.45) is 4.89. The zero-order chi connectivity index (χ0) is 17.4. The second-order valence-electron chi connectivity index (χ2n) is 7.98. The Morgan fingerprint density at radius 2 is 1.92 bits per heavy atom. The highest BCUT2D eigenvalue weighted by Gasteiger charge is 2.44. The van der Waals surface area contributed by atoms with Gasteiger partial charge in [-0.2, -0.15) is 0 Å². The molecule has 3 unspecified atom stereocenters. The molecule has 2 saturated carbocycles. The van der Waals surface area contributed by atoms with Crippen molar-refractivity contribution in [3.8, 4) is 0 Å². The summed E-state index contributed by atoms with van der Waals surface area (Å²) in [6, 6.07) is -0.149. The molecule has 3 amide bonds. The lowest BCUT2D eigenvalue weighted by Gasteiger charge is -2.36. The van der Waals surface area contributed by atoms with E-state index >= 15 is 0 Å². The Labute approximate surface area is 143 Å². The maximum absolute atomic E-state index is 12.3. The minimum atomic E-state index is -0.459. The molecule has 0 aromatic rings. The molecule has 134 valence electrons. The van der Waals surface area contributed by atoms with E-state index in [1.165, 1.54) is 0 Å². The first kappa shape index (κ1) is 17.2. The van der Waals surface area contributed by atoms with Crippen molar-refractivity contribution in [2.75, 3.05) is 13.1 Å². The van der Waals surface area contributed by atoms with E-state index in [9.17, 15) is 14.4 Å². The number of hydrogen-bond acceptors (Lipinski definition) is 4. The number of carbonyl (C=O) groups is 3. The van der Waals surface area contributed by atoms with Crippen LogP contribution in [0.2, 0.25) is 0 Å². The number of rotatable bonds is 5. The van der Waals surface area contributed by atoms with Gasteiger partial charge in [-0.3, -0.25) is 14.5 Å². The standard InChI is InChI=1S/C18H28N2O4/c1-11(2)14-7-4-12(3)8-15(14)24-17(22)10-20-16(21)9-19(18(20)23)13-5-6-13/h11-15H,4-10H2,1-3H3. The van der Waals surface area contributed by atoms with E-state index in [0.717, 1.165) is 37.0 Å². The van der Waals surface area contributed by atoms with Crippen molar-refractivity contribution in [3.05, 3.63) is 0 Å². The highest BCUT2D eigenvalue weighted by Crippen LogP contribution is 2.35. The molecule has 0 N–H and O–H groups in total. The Morgan fingerprint density at radius 3 is 2.54 bits per heavy atom. The van der Waals surface area contributed by atoms with E-state index in [0.29, 0.717) is 17.8 Å². The third kappa shape index (κ3) is 3.57. The number of urea groups is 1. The number of carbonyl (C=O) groups excluding carboxylic acids is 3. The minimum Gasteiger partial charge on any atom is -0.461 e. The topological polar surface area (TPSA) is 66.9 Å². The molecular weight excluding hydrogens is 308 g/mol. The molecule has 3 atom stereocenters. The van der Waals surface area contributed by atoms with Crippen LogP contribution >= 0.6 is 0 Å². The predicted octanol–water partition coefficient (Wildman–Crippen LogP) is 2.42. The van der Waals surface area contributed by atoms with Gasteiger partial charge in [0.25, 0.3) is 5.91 Å². The number of imide groups is 1. The predicted molar refractivity (Wildman–Crippen MR) is 88.1 cm³/mol. The van der Waals surface area contributed by atoms with Crippen molar-refractivity contribution in [2.24, 2.45) is 17.8 Å². The second-order valence-corrected chi connectivity index (χ2v) is 7.98. The number of nitrogens with zero attached hydrogens (tertiary/aromatic N) is 2. The van der Waals surface area contributed by atoms with Crippen LogP contribution in [0.25, 0.3) is 0 Å². The van der Waals surface area contributed by atoms with Gasteiger partial charge < -0.3 is 9.64 Å². The second kappa shape index (κ2) is 6.73. The molecule has 3 rings (SSSR count). The normalized spacial score (nSPS) is 31.1. The minimum absolute atomic E-state index is 0.103. The molecule has 0 bridgehead atoms. The molecule has 1 saturated heterocycles. The maximum atomic E-state index is 12.3. The van der Waals surface area contributed by atoms with E-state index < -0.39 is 5.97 Å². The Morgan fingerprint density at radius 1 is 1.21 bits per heavy atom. The Hall–Kier alpha value is -1.59. The zero-order valence-corrected chi connectivity index (χ0v) is 14.9. The van der Waals surface area contributed by atoms with Crippen molar-refractivity contribution in [1.29, 1.82) is 0 Å². The van der Waals surface area contributed by atoms with Gasteiger partial charge in [0.05, 0.1) is 0 Å². The average molecular weight is 336 g/mol. The van der Waals surface area contributed by atoms with Gasteiger partial charge >= 0.3 is 12.0 Å².